The minimum Gasteiger partial charge on any atom is -0.323 e. The first-order valence-electron chi connectivity index (χ1n) is 5.32. The second-order valence-electron chi connectivity index (χ2n) is 4.07. The third kappa shape index (κ3) is 3.32. The Labute approximate surface area is 119 Å². The minimum atomic E-state index is 0.00602. The van der Waals surface area contributed by atoms with Crippen molar-refractivity contribution in [2.75, 3.05) is 0 Å². The molecule has 0 fully saturated rings. The average Bonchev–Trinajstić information content (AvgIpc) is 2.63. The molecule has 90 valence electrons. The van der Waals surface area contributed by atoms with Gasteiger partial charge in [0.25, 0.3) is 0 Å². The zero-order chi connectivity index (χ0) is 12.4. The molecule has 0 saturated carbocycles. The zero-order valence-electron chi connectivity index (χ0n) is 9.41. The van der Waals surface area contributed by atoms with Crippen LogP contribution in [0.4, 0.5) is 0 Å². The van der Waals surface area contributed by atoms with Gasteiger partial charge in [-0.3, -0.25) is 0 Å². The van der Waals surface area contributed by atoms with Crippen LogP contribution in [0.25, 0.3) is 0 Å². The molecule has 0 spiro atoms. The molecule has 2 N–H and O–H groups in total. The van der Waals surface area contributed by atoms with E-state index in [1.165, 1.54) is 22.5 Å². The topological polar surface area (TPSA) is 26.0 Å². The van der Waals surface area contributed by atoms with Gasteiger partial charge >= 0.3 is 0 Å². The van der Waals surface area contributed by atoms with E-state index < -0.39 is 0 Å². The van der Waals surface area contributed by atoms with E-state index in [9.17, 15) is 0 Å². The molecule has 4 heteroatoms. The van der Waals surface area contributed by atoms with Crippen molar-refractivity contribution in [2.45, 2.75) is 19.4 Å². The molecule has 1 aromatic carbocycles. The summed E-state index contributed by atoms with van der Waals surface area (Å²) in [5.74, 6) is 0. The Balaban J connectivity index is 2.11. The van der Waals surface area contributed by atoms with Crippen LogP contribution in [0.3, 0.4) is 0 Å². The molecule has 0 amide bonds. The van der Waals surface area contributed by atoms with E-state index in [-0.39, 0.29) is 6.04 Å². The van der Waals surface area contributed by atoms with Crippen molar-refractivity contribution in [2.24, 2.45) is 5.73 Å². The second-order valence-corrected chi connectivity index (χ2v) is 6.61. The van der Waals surface area contributed by atoms with Gasteiger partial charge in [-0.2, -0.15) is 0 Å². The summed E-state index contributed by atoms with van der Waals surface area (Å²) >= 11 is 11.0. The summed E-state index contributed by atoms with van der Waals surface area (Å²) in [4.78, 5) is 1.11. The Morgan fingerprint density at radius 2 is 2.00 bits per heavy atom. The number of halogens is 2. The van der Waals surface area contributed by atoms with E-state index in [2.05, 4.69) is 47.1 Å². The monoisotopic (exact) mass is 329 g/mol. The van der Waals surface area contributed by atoms with Crippen LogP contribution in [0.15, 0.2) is 34.8 Å². The van der Waals surface area contributed by atoms with E-state index >= 15 is 0 Å². The van der Waals surface area contributed by atoms with Gasteiger partial charge in [0.1, 0.15) is 4.34 Å². The Morgan fingerprint density at radius 1 is 1.35 bits per heavy atom. The molecule has 1 heterocycles. The molecular formula is C13H13BrClNS. The first-order chi connectivity index (χ1) is 8.06. The van der Waals surface area contributed by atoms with Gasteiger partial charge in [0.05, 0.1) is 0 Å². The maximum Gasteiger partial charge on any atom is 0.107 e. The van der Waals surface area contributed by atoms with Crippen LogP contribution < -0.4 is 5.73 Å². The lowest BCUT2D eigenvalue weighted by molar-refractivity contribution is 0.736. The molecule has 1 nitrogen and oxygen atoms in total. The fourth-order valence-electron chi connectivity index (χ4n) is 1.62. The standard InChI is InChI=1S/C13H13BrClNS/c1-8-2-4-9(5-3-8)6-11(16)12-7-10(14)13(15)17-12/h2-5,7,11H,6,16H2,1H3. The lowest BCUT2D eigenvalue weighted by atomic mass is 10.0. The van der Waals surface area contributed by atoms with Crippen molar-refractivity contribution in [3.8, 4) is 0 Å². The van der Waals surface area contributed by atoms with Crippen molar-refractivity contribution < 1.29 is 0 Å². The van der Waals surface area contributed by atoms with Crippen LogP contribution in [0.1, 0.15) is 22.0 Å². The van der Waals surface area contributed by atoms with Gasteiger partial charge in [0.15, 0.2) is 0 Å². The Bertz CT molecular complexity index is 487. The largest absolute Gasteiger partial charge is 0.323 e. The van der Waals surface area contributed by atoms with Gasteiger partial charge in [0, 0.05) is 15.4 Å². The van der Waals surface area contributed by atoms with Gasteiger partial charge < -0.3 is 5.73 Å². The van der Waals surface area contributed by atoms with Gasteiger partial charge in [0.2, 0.25) is 0 Å². The molecule has 0 aliphatic heterocycles. The summed E-state index contributed by atoms with van der Waals surface area (Å²) in [5.41, 5.74) is 8.70. The summed E-state index contributed by atoms with van der Waals surface area (Å²) in [7, 11) is 0. The molecule has 2 aromatic rings. The average molecular weight is 331 g/mol. The van der Waals surface area contributed by atoms with Gasteiger partial charge in [-0.25, -0.2) is 0 Å². The summed E-state index contributed by atoms with van der Waals surface area (Å²) in [5, 5.41) is 0. The molecule has 2 rings (SSSR count). The third-order valence-electron chi connectivity index (χ3n) is 2.61. The first-order valence-corrected chi connectivity index (χ1v) is 7.31. The summed E-state index contributed by atoms with van der Waals surface area (Å²) < 4.78 is 1.69. The maximum absolute atomic E-state index is 6.18. The molecule has 1 unspecified atom stereocenters. The van der Waals surface area contributed by atoms with E-state index in [0.717, 1.165) is 20.1 Å². The van der Waals surface area contributed by atoms with Crippen molar-refractivity contribution in [3.63, 3.8) is 0 Å². The molecule has 1 aromatic heterocycles. The number of nitrogens with two attached hydrogens (primary N) is 1. The molecule has 0 bridgehead atoms. The predicted octanol–water partition coefficient (Wildman–Crippen LogP) is 4.71. The number of hydrogen-bond donors (Lipinski definition) is 1. The van der Waals surface area contributed by atoms with Crippen LogP contribution in [0, 0.1) is 6.92 Å². The molecule has 0 aliphatic carbocycles. The number of rotatable bonds is 3. The van der Waals surface area contributed by atoms with Crippen LogP contribution in [-0.2, 0) is 6.42 Å². The first kappa shape index (κ1) is 13.1. The lowest BCUT2D eigenvalue weighted by Crippen LogP contribution is -2.11. The van der Waals surface area contributed by atoms with Crippen molar-refractivity contribution in [1.29, 1.82) is 0 Å². The molecular weight excluding hydrogens is 318 g/mol. The quantitative estimate of drug-likeness (QED) is 0.866. The Hall–Kier alpha value is -0.350. The Kier molecular flexibility index (Phi) is 4.26. The molecule has 0 saturated heterocycles. The summed E-state index contributed by atoms with van der Waals surface area (Å²) in [6, 6.07) is 10.5. The SMILES string of the molecule is Cc1ccc(CC(N)c2cc(Br)c(Cl)s2)cc1. The van der Waals surface area contributed by atoms with E-state index in [0.29, 0.717) is 0 Å². The van der Waals surface area contributed by atoms with Crippen LogP contribution in [-0.4, -0.2) is 0 Å². The number of hydrogen-bond acceptors (Lipinski definition) is 2. The van der Waals surface area contributed by atoms with E-state index in [1.807, 2.05) is 6.07 Å². The molecule has 17 heavy (non-hydrogen) atoms. The molecule has 0 aliphatic rings. The predicted molar refractivity (Wildman–Crippen MR) is 78.8 cm³/mol. The highest BCUT2D eigenvalue weighted by atomic mass is 79.9. The highest BCUT2D eigenvalue weighted by Gasteiger charge is 2.12. The molecule has 0 radical (unpaired) electrons. The summed E-state index contributed by atoms with van der Waals surface area (Å²) in [6.45, 7) is 2.08. The third-order valence-corrected chi connectivity index (χ3v) is 5.21. The fraction of sp³-hybridized carbons (Fsp3) is 0.231. The van der Waals surface area contributed by atoms with Crippen LogP contribution in [0.2, 0.25) is 4.34 Å². The van der Waals surface area contributed by atoms with Gasteiger partial charge in [-0.05, 0) is 40.9 Å². The highest BCUT2D eigenvalue weighted by molar-refractivity contribution is 9.10. The maximum atomic E-state index is 6.18. The van der Waals surface area contributed by atoms with E-state index in [1.54, 1.807) is 0 Å². The number of aryl methyl sites for hydroxylation is 1. The lowest BCUT2D eigenvalue weighted by Gasteiger charge is -2.09. The van der Waals surface area contributed by atoms with Gasteiger partial charge in [-0.15, -0.1) is 11.3 Å². The van der Waals surface area contributed by atoms with Crippen molar-refractivity contribution in [3.05, 3.63) is 55.1 Å². The zero-order valence-corrected chi connectivity index (χ0v) is 12.6. The normalized spacial score (nSPS) is 12.7. The van der Waals surface area contributed by atoms with Crippen LogP contribution in [0.5, 0.6) is 0 Å². The van der Waals surface area contributed by atoms with Crippen LogP contribution >= 0.6 is 38.9 Å². The van der Waals surface area contributed by atoms with Crippen molar-refractivity contribution in [1.82, 2.24) is 0 Å². The smallest absolute Gasteiger partial charge is 0.107 e. The fourth-order valence-corrected chi connectivity index (χ4v) is 3.36. The minimum absolute atomic E-state index is 0.00602. The number of benzene rings is 1. The highest BCUT2D eigenvalue weighted by Crippen LogP contribution is 2.35. The van der Waals surface area contributed by atoms with Crippen molar-refractivity contribution >= 4 is 38.9 Å². The summed E-state index contributed by atoms with van der Waals surface area (Å²) in [6.07, 6.45) is 0.837. The Morgan fingerprint density at radius 3 is 2.53 bits per heavy atom. The van der Waals surface area contributed by atoms with E-state index in [4.69, 9.17) is 17.3 Å². The molecule has 1 atom stereocenters. The second kappa shape index (κ2) is 5.53. The number of thiophene rings is 1. The van der Waals surface area contributed by atoms with Gasteiger partial charge in [-0.1, -0.05) is 41.4 Å².